The summed E-state index contributed by atoms with van der Waals surface area (Å²) in [7, 11) is 0. The Bertz CT molecular complexity index is 756. The van der Waals surface area contributed by atoms with Gasteiger partial charge in [0.25, 0.3) is 0 Å². The van der Waals surface area contributed by atoms with Crippen molar-refractivity contribution in [2.45, 2.75) is 33.6 Å². The van der Waals surface area contributed by atoms with Crippen molar-refractivity contribution in [1.82, 2.24) is 0 Å². The predicted octanol–water partition coefficient (Wildman–Crippen LogP) is 4.09. The van der Waals surface area contributed by atoms with Crippen molar-refractivity contribution >= 4 is 28.9 Å². The second-order valence-corrected chi connectivity index (χ2v) is 6.08. The number of amides is 2. The molecule has 0 saturated carbocycles. The number of hydrogen-bond donors (Lipinski definition) is 3. The maximum Gasteiger partial charge on any atom is 0.243 e. The van der Waals surface area contributed by atoms with E-state index in [0.717, 1.165) is 12.1 Å². The SMILES string of the molecule is CCCC(=O)Nc1cccc(NC(=O)CNc2ccc(C)c(C)c2)c1. The van der Waals surface area contributed by atoms with Gasteiger partial charge in [-0.2, -0.15) is 0 Å². The molecule has 2 aromatic carbocycles. The third-order valence-electron chi connectivity index (χ3n) is 3.87. The predicted molar refractivity (Wildman–Crippen MR) is 103 cm³/mol. The summed E-state index contributed by atoms with van der Waals surface area (Å²) >= 11 is 0. The highest BCUT2D eigenvalue weighted by Crippen LogP contribution is 2.16. The molecule has 0 fully saturated rings. The Kier molecular flexibility index (Phi) is 6.57. The van der Waals surface area contributed by atoms with Crippen molar-refractivity contribution in [3.63, 3.8) is 0 Å². The molecule has 132 valence electrons. The minimum absolute atomic E-state index is 0.0256. The molecule has 0 aliphatic carbocycles. The van der Waals surface area contributed by atoms with Crippen LogP contribution in [-0.2, 0) is 9.59 Å². The van der Waals surface area contributed by atoms with E-state index in [1.54, 1.807) is 24.3 Å². The topological polar surface area (TPSA) is 70.2 Å². The maximum atomic E-state index is 12.1. The molecule has 2 rings (SSSR count). The first-order valence-electron chi connectivity index (χ1n) is 8.49. The molecule has 0 aromatic heterocycles. The Morgan fingerprint density at radius 2 is 1.52 bits per heavy atom. The molecule has 0 atom stereocenters. The molecule has 2 aromatic rings. The van der Waals surface area contributed by atoms with Gasteiger partial charge < -0.3 is 16.0 Å². The van der Waals surface area contributed by atoms with E-state index in [2.05, 4.69) is 22.9 Å². The van der Waals surface area contributed by atoms with Crippen molar-refractivity contribution in [1.29, 1.82) is 0 Å². The molecular formula is C20H25N3O2. The van der Waals surface area contributed by atoms with Crippen LogP contribution in [0.25, 0.3) is 0 Å². The van der Waals surface area contributed by atoms with Gasteiger partial charge in [0.15, 0.2) is 0 Å². The Morgan fingerprint density at radius 1 is 0.840 bits per heavy atom. The minimum Gasteiger partial charge on any atom is -0.376 e. The Labute approximate surface area is 148 Å². The number of aryl methyl sites for hydroxylation is 2. The summed E-state index contributed by atoms with van der Waals surface area (Å²) in [6.45, 7) is 6.23. The van der Waals surface area contributed by atoms with Gasteiger partial charge >= 0.3 is 0 Å². The van der Waals surface area contributed by atoms with E-state index in [0.29, 0.717) is 17.8 Å². The van der Waals surface area contributed by atoms with Gasteiger partial charge in [0.1, 0.15) is 0 Å². The van der Waals surface area contributed by atoms with Crippen LogP contribution in [0.4, 0.5) is 17.1 Å². The first kappa shape index (κ1) is 18.5. The lowest BCUT2D eigenvalue weighted by molar-refractivity contribution is -0.116. The molecular weight excluding hydrogens is 314 g/mol. The van der Waals surface area contributed by atoms with E-state index in [-0.39, 0.29) is 18.4 Å². The standard InChI is InChI=1S/C20H25N3O2/c1-4-6-19(24)22-17-7-5-8-18(12-17)23-20(25)13-21-16-10-9-14(2)15(3)11-16/h5,7-12,21H,4,6,13H2,1-3H3,(H,22,24)(H,23,25). The highest BCUT2D eigenvalue weighted by Gasteiger charge is 2.05. The number of hydrogen-bond acceptors (Lipinski definition) is 3. The highest BCUT2D eigenvalue weighted by atomic mass is 16.2. The summed E-state index contributed by atoms with van der Waals surface area (Å²) in [4.78, 5) is 23.8. The summed E-state index contributed by atoms with van der Waals surface area (Å²) in [6, 6.07) is 13.2. The lowest BCUT2D eigenvalue weighted by Crippen LogP contribution is -2.22. The van der Waals surface area contributed by atoms with Gasteiger partial charge in [0.2, 0.25) is 11.8 Å². The van der Waals surface area contributed by atoms with Crippen LogP contribution in [0.5, 0.6) is 0 Å². The van der Waals surface area contributed by atoms with Crippen LogP contribution in [0.1, 0.15) is 30.9 Å². The van der Waals surface area contributed by atoms with E-state index in [4.69, 9.17) is 0 Å². The first-order chi connectivity index (χ1) is 12.0. The molecule has 3 N–H and O–H groups in total. The van der Waals surface area contributed by atoms with Crippen molar-refractivity contribution in [3.8, 4) is 0 Å². The molecule has 0 spiro atoms. The lowest BCUT2D eigenvalue weighted by atomic mass is 10.1. The van der Waals surface area contributed by atoms with Gasteiger partial charge in [-0.25, -0.2) is 0 Å². The fourth-order valence-electron chi connectivity index (χ4n) is 2.36. The summed E-state index contributed by atoms with van der Waals surface area (Å²) in [6.07, 6.45) is 1.28. The van der Waals surface area contributed by atoms with Crippen LogP contribution in [0, 0.1) is 13.8 Å². The van der Waals surface area contributed by atoms with Gasteiger partial charge in [-0.05, 0) is 61.7 Å². The zero-order chi connectivity index (χ0) is 18.2. The zero-order valence-electron chi connectivity index (χ0n) is 15.0. The van der Waals surface area contributed by atoms with Crippen LogP contribution < -0.4 is 16.0 Å². The average molecular weight is 339 g/mol. The van der Waals surface area contributed by atoms with Crippen molar-refractivity contribution < 1.29 is 9.59 Å². The van der Waals surface area contributed by atoms with Gasteiger partial charge in [-0.3, -0.25) is 9.59 Å². The van der Waals surface area contributed by atoms with Crippen molar-refractivity contribution in [2.24, 2.45) is 0 Å². The summed E-state index contributed by atoms with van der Waals surface area (Å²) in [5.41, 5.74) is 4.65. The van der Waals surface area contributed by atoms with E-state index >= 15 is 0 Å². The van der Waals surface area contributed by atoms with Gasteiger partial charge in [-0.1, -0.05) is 19.1 Å². The average Bonchev–Trinajstić information content (AvgIpc) is 2.56. The summed E-state index contributed by atoms with van der Waals surface area (Å²) < 4.78 is 0. The third kappa shape index (κ3) is 5.95. The Balaban J connectivity index is 1.89. The van der Waals surface area contributed by atoms with Gasteiger partial charge in [0, 0.05) is 23.5 Å². The zero-order valence-corrected chi connectivity index (χ0v) is 15.0. The van der Waals surface area contributed by atoms with E-state index in [9.17, 15) is 9.59 Å². The number of carbonyl (C=O) groups is 2. The third-order valence-corrected chi connectivity index (χ3v) is 3.87. The number of nitrogens with one attached hydrogen (secondary N) is 3. The smallest absolute Gasteiger partial charge is 0.243 e. The lowest BCUT2D eigenvalue weighted by Gasteiger charge is -2.11. The number of benzene rings is 2. The molecule has 5 heteroatoms. The monoisotopic (exact) mass is 339 g/mol. The maximum absolute atomic E-state index is 12.1. The van der Waals surface area contributed by atoms with Crippen LogP contribution in [0.15, 0.2) is 42.5 Å². The van der Waals surface area contributed by atoms with Crippen LogP contribution in [0.3, 0.4) is 0 Å². The first-order valence-corrected chi connectivity index (χ1v) is 8.49. The molecule has 0 radical (unpaired) electrons. The van der Waals surface area contributed by atoms with Crippen LogP contribution >= 0.6 is 0 Å². The van der Waals surface area contributed by atoms with Crippen molar-refractivity contribution in [2.75, 3.05) is 22.5 Å². The Hall–Kier alpha value is -2.82. The molecule has 5 nitrogen and oxygen atoms in total. The Morgan fingerprint density at radius 3 is 2.16 bits per heavy atom. The highest BCUT2D eigenvalue weighted by molar-refractivity contribution is 5.95. The van der Waals surface area contributed by atoms with Gasteiger partial charge in [-0.15, -0.1) is 0 Å². The fourth-order valence-corrected chi connectivity index (χ4v) is 2.36. The molecule has 25 heavy (non-hydrogen) atoms. The molecule has 0 aliphatic heterocycles. The van der Waals surface area contributed by atoms with Gasteiger partial charge in [0.05, 0.1) is 6.54 Å². The molecule has 0 saturated heterocycles. The van der Waals surface area contributed by atoms with E-state index < -0.39 is 0 Å². The molecule has 0 heterocycles. The molecule has 0 unspecified atom stereocenters. The van der Waals surface area contributed by atoms with E-state index in [1.165, 1.54) is 11.1 Å². The largest absolute Gasteiger partial charge is 0.376 e. The second-order valence-electron chi connectivity index (χ2n) is 6.08. The van der Waals surface area contributed by atoms with Crippen LogP contribution in [-0.4, -0.2) is 18.4 Å². The second kappa shape index (κ2) is 8.87. The van der Waals surface area contributed by atoms with E-state index in [1.807, 2.05) is 32.0 Å². The molecule has 2 amide bonds. The fraction of sp³-hybridized carbons (Fsp3) is 0.300. The van der Waals surface area contributed by atoms with Crippen molar-refractivity contribution in [3.05, 3.63) is 53.6 Å². The quantitative estimate of drug-likeness (QED) is 0.711. The number of anilines is 3. The summed E-state index contributed by atoms with van der Waals surface area (Å²) in [5.74, 6) is -0.169. The van der Waals surface area contributed by atoms with Crippen LogP contribution in [0.2, 0.25) is 0 Å². The number of rotatable bonds is 7. The molecule has 0 bridgehead atoms. The normalized spacial score (nSPS) is 10.2. The molecule has 0 aliphatic rings. The minimum atomic E-state index is -0.143. The summed E-state index contributed by atoms with van der Waals surface area (Å²) in [5, 5.41) is 8.77. The number of carbonyl (C=O) groups excluding carboxylic acids is 2.